The van der Waals surface area contributed by atoms with Crippen molar-refractivity contribution >= 4 is 11.6 Å². The minimum atomic E-state index is -0.0289. The van der Waals surface area contributed by atoms with Crippen LogP contribution < -0.4 is 0 Å². The Morgan fingerprint density at radius 2 is 1.42 bits per heavy atom. The molecule has 0 spiro atoms. The van der Waals surface area contributed by atoms with E-state index < -0.39 is 0 Å². The predicted molar refractivity (Wildman–Crippen MR) is 110 cm³/mol. The molecule has 6 atom stereocenters. The summed E-state index contributed by atoms with van der Waals surface area (Å²) in [6, 6.07) is 0. The fourth-order valence-electron chi connectivity index (χ4n) is 4.49. The third-order valence-corrected chi connectivity index (χ3v) is 6.27. The summed E-state index contributed by atoms with van der Waals surface area (Å²) >= 11 is 5.52. The Hall–Kier alpha value is -0.250. The van der Waals surface area contributed by atoms with Gasteiger partial charge >= 0.3 is 0 Å². The van der Waals surface area contributed by atoms with Gasteiger partial charge in [-0.1, -0.05) is 54.4 Å². The van der Waals surface area contributed by atoms with E-state index in [2.05, 4.69) is 48.1 Å². The van der Waals surface area contributed by atoms with Crippen LogP contribution in [0.2, 0.25) is 0 Å². The van der Waals surface area contributed by atoms with Crippen molar-refractivity contribution in [1.29, 1.82) is 0 Å². The Morgan fingerprint density at radius 1 is 0.923 bits per heavy atom. The zero-order valence-corrected chi connectivity index (χ0v) is 18.5. The lowest BCUT2D eigenvalue weighted by Gasteiger charge is -2.35. The third kappa shape index (κ3) is 8.19. The van der Waals surface area contributed by atoms with Gasteiger partial charge in [-0.25, -0.2) is 0 Å². The van der Waals surface area contributed by atoms with Gasteiger partial charge in [0.2, 0.25) is 5.22 Å². The average Bonchev–Trinajstić information content (AvgIpc) is 2.52. The van der Waals surface area contributed by atoms with Crippen molar-refractivity contribution < 1.29 is 14.9 Å². The summed E-state index contributed by atoms with van der Waals surface area (Å²) in [5.41, 5.74) is 0. The standard InChI is InChI=1S/C12H21ClO2.C10H20O/c1-8(2)11-6-5-9(3)7-12(11)15-14-10(4)13;1-7(2)9-5-4-8(3)6-10(9)11/h8-9,11-12H,4-7H2,1-3H3;7-11H,4-6H2,1-3H3/t9-,11+,12-;8-,9+,10-/m11/s1. The van der Waals surface area contributed by atoms with Crippen LogP contribution in [0.3, 0.4) is 0 Å². The molecule has 0 aromatic rings. The molecule has 0 bridgehead atoms. The van der Waals surface area contributed by atoms with Gasteiger partial charge in [-0.15, -0.1) is 0 Å². The molecule has 2 saturated carbocycles. The molecule has 0 heterocycles. The molecule has 0 aromatic heterocycles. The van der Waals surface area contributed by atoms with Crippen molar-refractivity contribution in [1.82, 2.24) is 0 Å². The van der Waals surface area contributed by atoms with Crippen LogP contribution >= 0.6 is 11.6 Å². The number of hydrogen-bond acceptors (Lipinski definition) is 3. The molecule has 0 aromatic carbocycles. The second kappa shape index (κ2) is 11.6. The molecule has 26 heavy (non-hydrogen) atoms. The van der Waals surface area contributed by atoms with Crippen LogP contribution in [-0.2, 0) is 9.78 Å². The lowest BCUT2D eigenvalue weighted by atomic mass is 9.75. The van der Waals surface area contributed by atoms with Crippen LogP contribution in [0.15, 0.2) is 11.8 Å². The molecule has 0 unspecified atom stereocenters. The number of hydrogen-bond donors (Lipinski definition) is 1. The van der Waals surface area contributed by atoms with E-state index in [1.54, 1.807) is 0 Å². The van der Waals surface area contributed by atoms with Gasteiger partial charge in [0.25, 0.3) is 0 Å². The molecule has 0 saturated heterocycles. The molecular formula is C22H41ClO3. The van der Waals surface area contributed by atoms with Crippen LogP contribution in [0.1, 0.15) is 80.1 Å². The fourth-order valence-corrected chi connectivity index (χ4v) is 4.53. The highest BCUT2D eigenvalue weighted by Crippen LogP contribution is 2.36. The van der Waals surface area contributed by atoms with E-state index in [4.69, 9.17) is 21.4 Å². The Morgan fingerprint density at radius 3 is 1.88 bits per heavy atom. The minimum absolute atomic E-state index is 0.0289. The molecule has 2 aliphatic carbocycles. The third-order valence-electron chi connectivity index (χ3n) is 6.21. The van der Waals surface area contributed by atoms with E-state index in [0.29, 0.717) is 29.6 Å². The number of rotatable bonds is 5. The van der Waals surface area contributed by atoms with E-state index in [1.807, 2.05) is 0 Å². The summed E-state index contributed by atoms with van der Waals surface area (Å²) in [5.74, 6) is 3.84. The maximum atomic E-state index is 9.71. The van der Waals surface area contributed by atoms with Crippen LogP contribution in [0.5, 0.6) is 0 Å². The van der Waals surface area contributed by atoms with Gasteiger partial charge in [0.1, 0.15) is 6.10 Å². The highest BCUT2D eigenvalue weighted by Gasteiger charge is 2.32. The molecule has 3 nitrogen and oxygen atoms in total. The van der Waals surface area contributed by atoms with Gasteiger partial charge < -0.3 is 9.99 Å². The topological polar surface area (TPSA) is 38.7 Å². The van der Waals surface area contributed by atoms with Crippen molar-refractivity contribution in [3.05, 3.63) is 11.8 Å². The van der Waals surface area contributed by atoms with E-state index >= 15 is 0 Å². The Labute approximate surface area is 166 Å². The molecule has 1 N–H and O–H groups in total. The van der Waals surface area contributed by atoms with Crippen LogP contribution in [0, 0.1) is 35.5 Å². The molecule has 0 aliphatic heterocycles. The second-order valence-corrected chi connectivity index (χ2v) is 9.71. The minimum Gasteiger partial charge on any atom is -0.393 e. The van der Waals surface area contributed by atoms with Gasteiger partial charge in [-0.2, -0.15) is 4.89 Å². The maximum Gasteiger partial charge on any atom is 0.224 e. The van der Waals surface area contributed by atoms with E-state index in [0.717, 1.165) is 18.8 Å². The van der Waals surface area contributed by atoms with E-state index in [-0.39, 0.29) is 17.4 Å². The number of halogens is 1. The molecule has 2 rings (SSSR count). The smallest absolute Gasteiger partial charge is 0.224 e. The summed E-state index contributed by atoms with van der Waals surface area (Å²) in [6.07, 6.45) is 7.21. The zero-order valence-electron chi connectivity index (χ0n) is 17.7. The number of aliphatic hydroxyl groups is 1. The molecule has 4 heteroatoms. The monoisotopic (exact) mass is 388 g/mol. The van der Waals surface area contributed by atoms with Crippen molar-refractivity contribution in [2.24, 2.45) is 35.5 Å². The largest absolute Gasteiger partial charge is 0.393 e. The summed E-state index contributed by atoms with van der Waals surface area (Å²) < 4.78 is 0. The summed E-state index contributed by atoms with van der Waals surface area (Å²) in [5, 5.41) is 9.82. The normalized spacial score (nSPS) is 35.0. The molecule has 0 radical (unpaired) electrons. The fraction of sp³-hybridized carbons (Fsp3) is 0.909. The van der Waals surface area contributed by atoms with Crippen molar-refractivity contribution in [3.63, 3.8) is 0 Å². The van der Waals surface area contributed by atoms with Crippen molar-refractivity contribution in [2.75, 3.05) is 0 Å². The Balaban J connectivity index is 0.000000273. The number of aliphatic hydroxyl groups excluding tert-OH is 1. The van der Waals surface area contributed by atoms with Gasteiger partial charge in [-0.05, 0) is 79.4 Å². The van der Waals surface area contributed by atoms with Crippen molar-refractivity contribution in [2.45, 2.75) is 92.3 Å². The first-order valence-electron chi connectivity index (χ1n) is 10.5. The van der Waals surface area contributed by atoms with E-state index in [9.17, 15) is 5.11 Å². The first-order chi connectivity index (χ1) is 12.1. The molecule has 2 aliphatic rings. The van der Waals surface area contributed by atoms with Crippen LogP contribution in [-0.4, -0.2) is 17.3 Å². The highest BCUT2D eigenvalue weighted by atomic mass is 35.5. The summed E-state index contributed by atoms with van der Waals surface area (Å²) in [7, 11) is 0. The quantitative estimate of drug-likeness (QED) is 0.330. The van der Waals surface area contributed by atoms with Gasteiger partial charge in [-0.3, -0.25) is 0 Å². The molecule has 2 fully saturated rings. The van der Waals surface area contributed by atoms with Gasteiger partial charge in [0.05, 0.1) is 6.10 Å². The first kappa shape index (κ1) is 23.8. The molecule has 0 amide bonds. The lowest BCUT2D eigenvalue weighted by Crippen LogP contribution is -2.34. The SMILES string of the molecule is C=C(Cl)OO[C@@H]1C[C@H](C)CC[C@H]1C(C)C.CC(C)[C@@H]1CC[C@@H](C)C[C@H]1O. The van der Waals surface area contributed by atoms with Crippen molar-refractivity contribution in [3.8, 4) is 0 Å². The Kier molecular flexibility index (Phi) is 10.6. The maximum absolute atomic E-state index is 9.71. The zero-order chi connectivity index (χ0) is 19.9. The molecular weight excluding hydrogens is 348 g/mol. The van der Waals surface area contributed by atoms with Gasteiger partial charge in [0, 0.05) is 0 Å². The summed E-state index contributed by atoms with van der Waals surface area (Å²) in [6.45, 7) is 16.8. The van der Waals surface area contributed by atoms with Crippen LogP contribution in [0.25, 0.3) is 0 Å². The average molecular weight is 389 g/mol. The van der Waals surface area contributed by atoms with Gasteiger partial charge in [0.15, 0.2) is 0 Å². The lowest BCUT2D eigenvalue weighted by molar-refractivity contribution is -0.308. The van der Waals surface area contributed by atoms with Crippen LogP contribution in [0.4, 0.5) is 0 Å². The highest BCUT2D eigenvalue weighted by molar-refractivity contribution is 6.27. The Bertz CT molecular complexity index is 410. The predicted octanol–water partition coefficient (Wildman–Crippen LogP) is 6.54. The summed E-state index contributed by atoms with van der Waals surface area (Å²) in [4.78, 5) is 10.2. The molecule has 154 valence electrons. The second-order valence-electron chi connectivity index (χ2n) is 9.29. The first-order valence-corrected chi connectivity index (χ1v) is 10.8. The van der Waals surface area contributed by atoms with E-state index in [1.165, 1.54) is 25.7 Å².